The predicted octanol–water partition coefficient (Wildman–Crippen LogP) is 1.50. The lowest BCUT2D eigenvalue weighted by molar-refractivity contribution is -0.160. The van der Waals surface area contributed by atoms with Crippen LogP contribution in [-0.4, -0.2) is 29.5 Å². The van der Waals surface area contributed by atoms with Crippen molar-refractivity contribution in [1.82, 2.24) is 0 Å². The molecule has 0 aliphatic rings. The summed E-state index contributed by atoms with van der Waals surface area (Å²) in [5, 5.41) is -1.38. The molecule has 1 unspecified atom stereocenters. The maximum Gasteiger partial charge on any atom is 0.336 e. The van der Waals surface area contributed by atoms with Crippen LogP contribution in [0.5, 0.6) is 0 Å². The molecule has 1 atom stereocenters. The lowest BCUT2D eigenvalue weighted by Crippen LogP contribution is -2.34. The number of carbonyl (C=O) groups excluding carboxylic acids is 2. The summed E-state index contributed by atoms with van der Waals surface area (Å²) in [4.78, 5) is 22.2. The molecular weight excluding hydrogens is 208 g/mol. The van der Waals surface area contributed by atoms with E-state index >= 15 is 0 Å². The number of esters is 2. The first kappa shape index (κ1) is 13.2. The first-order valence-electron chi connectivity index (χ1n) is 4.31. The Morgan fingerprint density at radius 3 is 2.14 bits per heavy atom. The molecule has 0 aliphatic heterocycles. The molecule has 0 heterocycles. The van der Waals surface area contributed by atoms with Crippen molar-refractivity contribution in [1.29, 1.82) is 0 Å². The van der Waals surface area contributed by atoms with E-state index in [-0.39, 0.29) is 6.61 Å². The average molecular weight is 223 g/mol. The first-order valence-corrected chi connectivity index (χ1v) is 4.75. The van der Waals surface area contributed by atoms with Gasteiger partial charge >= 0.3 is 11.9 Å². The molecular formula is C9H15ClO4. The summed E-state index contributed by atoms with van der Waals surface area (Å²) in [5.41, 5.74) is -0.656. The molecule has 0 aliphatic carbocycles. The second-order valence-corrected chi connectivity index (χ2v) is 4.08. The summed E-state index contributed by atoms with van der Waals surface area (Å²) in [5.74, 6) is -1.55. The van der Waals surface area contributed by atoms with Gasteiger partial charge in [0.15, 0.2) is 0 Å². The third-order valence-corrected chi connectivity index (χ3v) is 1.46. The van der Waals surface area contributed by atoms with Crippen molar-refractivity contribution in [2.45, 2.75) is 38.7 Å². The zero-order valence-corrected chi connectivity index (χ0v) is 9.55. The van der Waals surface area contributed by atoms with Crippen LogP contribution in [0.2, 0.25) is 0 Å². The Hall–Kier alpha value is -0.770. The highest BCUT2D eigenvalue weighted by molar-refractivity contribution is 6.39. The Labute approximate surface area is 88.5 Å². The van der Waals surface area contributed by atoms with E-state index in [1.54, 1.807) is 27.7 Å². The van der Waals surface area contributed by atoms with E-state index in [1.807, 2.05) is 0 Å². The van der Waals surface area contributed by atoms with Crippen LogP contribution in [0.4, 0.5) is 0 Å². The molecule has 0 bridgehead atoms. The molecule has 0 rings (SSSR count). The first-order chi connectivity index (χ1) is 6.28. The van der Waals surface area contributed by atoms with Gasteiger partial charge in [-0.05, 0) is 27.7 Å². The maximum absolute atomic E-state index is 11.2. The second kappa shape index (κ2) is 5.20. The molecule has 0 N–H and O–H groups in total. The fraction of sp³-hybridized carbons (Fsp3) is 0.778. The zero-order chi connectivity index (χ0) is 11.4. The Bertz CT molecular complexity index is 219. The lowest BCUT2D eigenvalue weighted by Gasteiger charge is -2.20. The van der Waals surface area contributed by atoms with Gasteiger partial charge in [-0.15, -0.1) is 0 Å². The van der Waals surface area contributed by atoms with Gasteiger partial charge in [0.2, 0.25) is 5.38 Å². The normalized spacial score (nSPS) is 13.2. The lowest BCUT2D eigenvalue weighted by atomic mass is 10.2. The maximum atomic E-state index is 11.2. The molecule has 0 fully saturated rings. The van der Waals surface area contributed by atoms with Gasteiger partial charge in [0.1, 0.15) is 5.60 Å². The van der Waals surface area contributed by atoms with E-state index in [2.05, 4.69) is 4.74 Å². The summed E-state index contributed by atoms with van der Waals surface area (Å²) >= 11 is 5.52. The Kier molecular flexibility index (Phi) is 4.91. The Balaban J connectivity index is 4.19. The summed E-state index contributed by atoms with van der Waals surface area (Å²) in [6, 6.07) is 0. The van der Waals surface area contributed by atoms with Gasteiger partial charge in [-0.25, -0.2) is 9.59 Å². The molecule has 0 aromatic heterocycles. The van der Waals surface area contributed by atoms with Gasteiger partial charge in [0.05, 0.1) is 6.61 Å². The van der Waals surface area contributed by atoms with E-state index < -0.39 is 22.9 Å². The molecule has 4 nitrogen and oxygen atoms in total. The van der Waals surface area contributed by atoms with Crippen LogP contribution in [0, 0.1) is 0 Å². The molecule has 0 aromatic rings. The minimum Gasteiger partial charge on any atom is -0.464 e. The van der Waals surface area contributed by atoms with Crippen molar-refractivity contribution in [3.8, 4) is 0 Å². The van der Waals surface area contributed by atoms with Crippen LogP contribution >= 0.6 is 11.6 Å². The van der Waals surface area contributed by atoms with Gasteiger partial charge in [-0.1, -0.05) is 11.6 Å². The van der Waals surface area contributed by atoms with Crippen LogP contribution in [0.15, 0.2) is 0 Å². The second-order valence-electron chi connectivity index (χ2n) is 3.65. The molecule has 0 radical (unpaired) electrons. The fourth-order valence-corrected chi connectivity index (χ4v) is 0.773. The van der Waals surface area contributed by atoms with Crippen molar-refractivity contribution in [3.05, 3.63) is 0 Å². The number of ether oxygens (including phenoxy) is 2. The quantitative estimate of drug-likeness (QED) is 0.413. The van der Waals surface area contributed by atoms with Gasteiger partial charge in [0.25, 0.3) is 0 Å². The van der Waals surface area contributed by atoms with Crippen molar-refractivity contribution < 1.29 is 19.1 Å². The number of carbonyl (C=O) groups is 2. The Morgan fingerprint density at radius 2 is 1.79 bits per heavy atom. The zero-order valence-electron chi connectivity index (χ0n) is 8.80. The van der Waals surface area contributed by atoms with E-state index in [4.69, 9.17) is 16.3 Å². The highest BCUT2D eigenvalue weighted by atomic mass is 35.5. The van der Waals surface area contributed by atoms with Crippen LogP contribution in [0.25, 0.3) is 0 Å². The van der Waals surface area contributed by atoms with Gasteiger partial charge in [-0.2, -0.15) is 0 Å². The minimum absolute atomic E-state index is 0.185. The van der Waals surface area contributed by atoms with Crippen molar-refractivity contribution in [2.75, 3.05) is 6.61 Å². The average Bonchev–Trinajstić information content (AvgIpc) is 2.00. The van der Waals surface area contributed by atoms with Crippen molar-refractivity contribution in [3.63, 3.8) is 0 Å². The molecule has 0 amide bonds. The molecule has 5 heteroatoms. The SMILES string of the molecule is CCOC(=O)C(Cl)C(=O)OC(C)(C)C. The van der Waals surface area contributed by atoms with Crippen molar-refractivity contribution in [2.24, 2.45) is 0 Å². The van der Waals surface area contributed by atoms with Crippen molar-refractivity contribution >= 4 is 23.5 Å². The highest BCUT2D eigenvalue weighted by Gasteiger charge is 2.30. The van der Waals surface area contributed by atoms with E-state index in [1.165, 1.54) is 0 Å². The molecule has 82 valence electrons. The number of rotatable bonds is 3. The molecule has 0 saturated heterocycles. The number of alkyl halides is 1. The molecule has 0 aromatic carbocycles. The number of halogens is 1. The number of hydrogen-bond donors (Lipinski definition) is 0. The van der Waals surface area contributed by atoms with Gasteiger partial charge in [0, 0.05) is 0 Å². The van der Waals surface area contributed by atoms with Crippen LogP contribution in [0.1, 0.15) is 27.7 Å². The largest absolute Gasteiger partial charge is 0.464 e. The highest BCUT2D eigenvalue weighted by Crippen LogP contribution is 2.11. The van der Waals surface area contributed by atoms with E-state index in [9.17, 15) is 9.59 Å². The predicted molar refractivity (Wildman–Crippen MR) is 52.1 cm³/mol. The molecule has 14 heavy (non-hydrogen) atoms. The fourth-order valence-electron chi connectivity index (χ4n) is 0.665. The van der Waals surface area contributed by atoms with Crippen LogP contribution in [-0.2, 0) is 19.1 Å². The van der Waals surface area contributed by atoms with Crippen LogP contribution in [0.3, 0.4) is 0 Å². The van der Waals surface area contributed by atoms with Gasteiger partial charge in [-0.3, -0.25) is 0 Å². The summed E-state index contributed by atoms with van der Waals surface area (Å²) in [7, 11) is 0. The smallest absolute Gasteiger partial charge is 0.336 e. The molecule has 0 saturated carbocycles. The van der Waals surface area contributed by atoms with E-state index in [0.717, 1.165) is 0 Å². The summed E-state index contributed by atoms with van der Waals surface area (Å²) < 4.78 is 9.46. The summed E-state index contributed by atoms with van der Waals surface area (Å²) in [6.07, 6.45) is 0. The number of hydrogen-bond acceptors (Lipinski definition) is 4. The van der Waals surface area contributed by atoms with Crippen LogP contribution < -0.4 is 0 Å². The van der Waals surface area contributed by atoms with E-state index in [0.29, 0.717) is 0 Å². The third-order valence-electron chi connectivity index (χ3n) is 1.11. The molecule has 0 spiro atoms. The topological polar surface area (TPSA) is 52.6 Å². The Morgan fingerprint density at radius 1 is 1.29 bits per heavy atom. The minimum atomic E-state index is -1.38. The standard InChI is InChI=1S/C9H15ClO4/c1-5-13-7(11)6(10)8(12)14-9(2,3)4/h6H,5H2,1-4H3. The summed E-state index contributed by atoms with van der Waals surface area (Å²) in [6.45, 7) is 6.90. The third kappa shape index (κ3) is 5.07. The monoisotopic (exact) mass is 222 g/mol. The van der Waals surface area contributed by atoms with Gasteiger partial charge < -0.3 is 9.47 Å².